The zero-order chi connectivity index (χ0) is 14.7. The molecule has 106 valence electrons. The maximum atomic E-state index is 6.21. The minimum Gasteiger partial charge on any atom is -0.480 e. The summed E-state index contributed by atoms with van der Waals surface area (Å²) in [5.41, 5.74) is 7.45. The maximum absolute atomic E-state index is 6.21. The molecule has 0 spiro atoms. The fourth-order valence-electron chi connectivity index (χ4n) is 1.73. The highest BCUT2D eigenvalue weighted by molar-refractivity contribution is 9.10. The summed E-state index contributed by atoms with van der Waals surface area (Å²) in [6.07, 6.45) is 1.49. The third-order valence-corrected chi connectivity index (χ3v) is 3.56. The quantitative estimate of drug-likeness (QED) is 0.910. The Morgan fingerprint density at radius 3 is 2.65 bits per heavy atom. The third kappa shape index (κ3) is 3.03. The SMILES string of the molecule is COc1cnc(C(N)c2ccc(Br)cc2Cl)c(OC)n1. The Balaban J connectivity index is 2.44. The molecule has 2 aromatic rings. The van der Waals surface area contributed by atoms with Crippen molar-refractivity contribution in [1.29, 1.82) is 0 Å². The summed E-state index contributed by atoms with van der Waals surface area (Å²) in [5.74, 6) is 0.676. The number of ether oxygens (including phenoxy) is 2. The van der Waals surface area contributed by atoms with Gasteiger partial charge in [-0.25, -0.2) is 4.98 Å². The van der Waals surface area contributed by atoms with Crippen molar-refractivity contribution in [3.05, 3.63) is 45.1 Å². The van der Waals surface area contributed by atoms with E-state index < -0.39 is 6.04 Å². The summed E-state index contributed by atoms with van der Waals surface area (Å²) in [6.45, 7) is 0. The van der Waals surface area contributed by atoms with Crippen LogP contribution in [0.15, 0.2) is 28.9 Å². The second-order valence-corrected chi connectivity index (χ2v) is 5.27. The van der Waals surface area contributed by atoms with Gasteiger partial charge in [-0.1, -0.05) is 33.6 Å². The van der Waals surface area contributed by atoms with Crippen molar-refractivity contribution >= 4 is 27.5 Å². The molecule has 0 saturated heterocycles. The van der Waals surface area contributed by atoms with Gasteiger partial charge in [0.05, 0.1) is 26.5 Å². The van der Waals surface area contributed by atoms with E-state index >= 15 is 0 Å². The summed E-state index contributed by atoms with van der Waals surface area (Å²) >= 11 is 9.56. The van der Waals surface area contributed by atoms with Crippen molar-refractivity contribution in [2.24, 2.45) is 5.73 Å². The molecule has 0 saturated carbocycles. The summed E-state index contributed by atoms with van der Waals surface area (Å²) in [4.78, 5) is 8.42. The summed E-state index contributed by atoms with van der Waals surface area (Å²) in [6, 6.07) is 4.94. The smallest absolute Gasteiger partial charge is 0.240 e. The number of nitrogens with zero attached hydrogens (tertiary/aromatic N) is 2. The van der Waals surface area contributed by atoms with Crippen LogP contribution >= 0.6 is 27.5 Å². The third-order valence-electron chi connectivity index (χ3n) is 2.74. The van der Waals surface area contributed by atoms with E-state index in [2.05, 4.69) is 25.9 Å². The van der Waals surface area contributed by atoms with Crippen molar-refractivity contribution in [1.82, 2.24) is 9.97 Å². The summed E-state index contributed by atoms with van der Waals surface area (Å²) < 4.78 is 11.1. The number of rotatable bonds is 4. The minimum absolute atomic E-state index is 0.316. The summed E-state index contributed by atoms with van der Waals surface area (Å²) in [7, 11) is 3.01. The first kappa shape index (κ1) is 15.0. The molecule has 2 rings (SSSR count). The molecule has 1 heterocycles. The number of aromatic nitrogens is 2. The van der Waals surface area contributed by atoms with Gasteiger partial charge in [0.2, 0.25) is 11.8 Å². The van der Waals surface area contributed by atoms with Crippen LogP contribution in [0.4, 0.5) is 0 Å². The zero-order valence-corrected chi connectivity index (χ0v) is 13.3. The number of benzene rings is 1. The van der Waals surface area contributed by atoms with E-state index in [0.717, 1.165) is 10.0 Å². The van der Waals surface area contributed by atoms with Gasteiger partial charge < -0.3 is 15.2 Å². The Hall–Kier alpha value is -1.37. The highest BCUT2D eigenvalue weighted by Crippen LogP contribution is 2.31. The Labute approximate surface area is 130 Å². The van der Waals surface area contributed by atoms with E-state index in [0.29, 0.717) is 22.5 Å². The Kier molecular flexibility index (Phi) is 4.80. The van der Waals surface area contributed by atoms with Crippen molar-refractivity contribution in [2.75, 3.05) is 14.2 Å². The van der Waals surface area contributed by atoms with Gasteiger partial charge in [0.1, 0.15) is 5.69 Å². The number of nitrogens with two attached hydrogens (primary N) is 1. The normalized spacial score (nSPS) is 12.1. The van der Waals surface area contributed by atoms with Crippen LogP contribution < -0.4 is 15.2 Å². The lowest BCUT2D eigenvalue weighted by Gasteiger charge is -2.16. The van der Waals surface area contributed by atoms with Crippen LogP contribution in [0.3, 0.4) is 0 Å². The van der Waals surface area contributed by atoms with Crippen LogP contribution in [0.1, 0.15) is 17.3 Å². The number of hydrogen-bond acceptors (Lipinski definition) is 5. The average Bonchev–Trinajstić information content (AvgIpc) is 2.46. The zero-order valence-electron chi connectivity index (χ0n) is 10.9. The number of hydrogen-bond donors (Lipinski definition) is 1. The van der Waals surface area contributed by atoms with Gasteiger partial charge in [-0.3, -0.25) is 0 Å². The standard InChI is InChI=1S/C13H13BrClN3O2/c1-19-10-6-17-12(13(18-10)20-2)11(16)8-4-3-7(14)5-9(8)15/h3-6,11H,16H2,1-2H3. The Morgan fingerprint density at radius 2 is 2.05 bits per heavy atom. The van der Waals surface area contributed by atoms with Crippen LogP contribution in [0.25, 0.3) is 0 Å². The largest absolute Gasteiger partial charge is 0.480 e. The van der Waals surface area contributed by atoms with Gasteiger partial charge in [-0.15, -0.1) is 0 Å². The summed E-state index contributed by atoms with van der Waals surface area (Å²) in [5, 5.41) is 0.548. The molecule has 1 atom stereocenters. The molecule has 1 aromatic carbocycles. The van der Waals surface area contributed by atoms with Crippen molar-refractivity contribution < 1.29 is 9.47 Å². The lowest BCUT2D eigenvalue weighted by atomic mass is 10.0. The highest BCUT2D eigenvalue weighted by Gasteiger charge is 2.20. The molecular weight excluding hydrogens is 346 g/mol. The number of halogens is 2. The molecule has 0 fully saturated rings. The predicted molar refractivity (Wildman–Crippen MR) is 80.3 cm³/mol. The molecule has 0 bridgehead atoms. The topological polar surface area (TPSA) is 70.3 Å². The molecule has 0 radical (unpaired) electrons. The molecule has 0 aliphatic carbocycles. The van der Waals surface area contributed by atoms with E-state index in [9.17, 15) is 0 Å². The first-order chi connectivity index (χ1) is 9.56. The molecule has 0 aliphatic heterocycles. The van der Waals surface area contributed by atoms with E-state index in [1.165, 1.54) is 20.4 Å². The van der Waals surface area contributed by atoms with E-state index in [-0.39, 0.29) is 0 Å². The van der Waals surface area contributed by atoms with Gasteiger partial charge in [0.25, 0.3) is 0 Å². The van der Waals surface area contributed by atoms with Gasteiger partial charge in [-0.05, 0) is 17.7 Å². The van der Waals surface area contributed by atoms with Crippen LogP contribution in [0.5, 0.6) is 11.8 Å². The molecule has 1 unspecified atom stereocenters. The lowest BCUT2D eigenvalue weighted by molar-refractivity contribution is 0.355. The molecule has 2 N–H and O–H groups in total. The molecule has 0 amide bonds. The monoisotopic (exact) mass is 357 g/mol. The molecule has 5 nitrogen and oxygen atoms in total. The first-order valence-corrected chi connectivity index (χ1v) is 6.89. The van der Waals surface area contributed by atoms with Crippen LogP contribution in [0, 0.1) is 0 Å². The Bertz CT molecular complexity index is 625. The van der Waals surface area contributed by atoms with Crippen LogP contribution in [-0.4, -0.2) is 24.2 Å². The molecular formula is C13H13BrClN3O2. The first-order valence-electron chi connectivity index (χ1n) is 5.72. The highest BCUT2D eigenvalue weighted by atomic mass is 79.9. The second-order valence-electron chi connectivity index (χ2n) is 3.95. The van der Waals surface area contributed by atoms with E-state index in [1.807, 2.05) is 12.1 Å². The van der Waals surface area contributed by atoms with Crippen molar-refractivity contribution in [3.8, 4) is 11.8 Å². The fourth-order valence-corrected chi connectivity index (χ4v) is 2.52. The minimum atomic E-state index is -0.538. The fraction of sp³-hybridized carbons (Fsp3) is 0.231. The van der Waals surface area contributed by atoms with Crippen molar-refractivity contribution in [2.45, 2.75) is 6.04 Å². The predicted octanol–water partition coefficient (Wildman–Crippen LogP) is 2.96. The van der Waals surface area contributed by atoms with Crippen LogP contribution in [-0.2, 0) is 0 Å². The number of methoxy groups -OCH3 is 2. The van der Waals surface area contributed by atoms with Gasteiger partial charge >= 0.3 is 0 Å². The van der Waals surface area contributed by atoms with E-state index in [1.54, 1.807) is 6.07 Å². The van der Waals surface area contributed by atoms with Gasteiger partial charge in [0, 0.05) is 9.50 Å². The second kappa shape index (κ2) is 6.39. The molecule has 7 heteroatoms. The van der Waals surface area contributed by atoms with Crippen LogP contribution in [0.2, 0.25) is 5.02 Å². The lowest BCUT2D eigenvalue weighted by Crippen LogP contribution is -2.16. The molecule has 1 aromatic heterocycles. The van der Waals surface area contributed by atoms with Gasteiger partial charge in [-0.2, -0.15) is 4.98 Å². The molecule has 20 heavy (non-hydrogen) atoms. The average molecular weight is 359 g/mol. The Morgan fingerprint density at radius 1 is 1.30 bits per heavy atom. The molecule has 0 aliphatic rings. The van der Waals surface area contributed by atoms with Gasteiger partial charge in [0.15, 0.2) is 0 Å². The maximum Gasteiger partial charge on any atom is 0.240 e. The van der Waals surface area contributed by atoms with Crippen molar-refractivity contribution in [3.63, 3.8) is 0 Å². The van der Waals surface area contributed by atoms with E-state index in [4.69, 9.17) is 26.8 Å².